The zero-order chi connectivity index (χ0) is 30.6. The number of unbranched alkanes of at least 4 members (excludes halogenated alkanes) is 17. The van der Waals surface area contributed by atoms with Crippen molar-refractivity contribution in [1.29, 1.82) is 0 Å². The molecule has 0 saturated heterocycles. The molecule has 0 spiro atoms. The quantitative estimate of drug-likeness (QED) is 0.0469. The van der Waals surface area contributed by atoms with Crippen molar-refractivity contribution in [2.24, 2.45) is 0 Å². The molecule has 0 rings (SSSR count). The van der Waals surface area contributed by atoms with Gasteiger partial charge in [-0.1, -0.05) is 110 Å². The lowest BCUT2D eigenvalue weighted by atomic mass is 10.1. The van der Waals surface area contributed by atoms with Crippen LogP contribution >= 0.6 is 7.82 Å². The lowest BCUT2D eigenvalue weighted by Crippen LogP contribution is -2.29. The number of hydrogen-bond acceptors (Lipinski definition) is 7. The SMILES string of the molecule is CCCCCCCCCCCCC(=O)O[C@H](COC(=O)CCCCCCCCCCCNC(C)=O)COP(=O)(O)O. The predicted octanol–water partition coefficient (Wildman–Crippen LogP) is 6.90. The molecule has 10 nitrogen and oxygen atoms in total. The van der Waals surface area contributed by atoms with E-state index in [1.54, 1.807) is 0 Å². The smallest absolute Gasteiger partial charge is 0.462 e. The van der Waals surface area contributed by atoms with Crippen LogP contribution in [0.4, 0.5) is 0 Å². The average molecular weight is 608 g/mol. The van der Waals surface area contributed by atoms with Crippen LogP contribution in [0.3, 0.4) is 0 Å². The number of ether oxygens (including phenoxy) is 2. The van der Waals surface area contributed by atoms with Crippen molar-refractivity contribution in [2.45, 2.75) is 155 Å². The summed E-state index contributed by atoms with van der Waals surface area (Å²) in [5.41, 5.74) is 0. The molecule has 3 N–H and O–H groups in total. The minimum atomic E-state index is -4.75. The fraction of sp³-hybridized carbons (Fsp3) is 0.900. The van der Waals surface area contributed by atoms with Gasteiger partial charge in [0.05, 0.1) is 6.61 Å². The third-order valence-electron chi connectivity index (χ3n) is 6.82. The molecule has 0 bridgehead atoms. The molecular formula is C30H58NO9P. The highest BCUT2D eigenvalue weighted by Crippen LogP contribution is 2.35. The Bertz CT molecular complexity index is 714. The fourth-order valence-corrected chi connectivity index (χ4v) is 4.81. The van der Waals surface area contributed by atoms with E-state index in [4.69, 9.17) is 19.3 Å². The normalized spacial score (nSPS) is 12.2. The van der Waals surface area contributed by atoms with E-state index in [0.717, 1.165) is 77.2 Å². The molecular weight excluding hydrogens is 549 g/mol. The molecule has 0 aromatic carbocycles. The number of carbonyl (C=O) groups excluding carboxylic acids is 3. The van der Waals surface area contributed by atoms with Gasteiger partial charge >= 0.3 is 19.8 Å². The maximum atomic E-state index is 12.2. The monoisotopic (exact) mass is 607 g/mol. The number of esters is 2. The maximum absolute atomic E-state index is 12.2. The Hall–Kier alpha value is -1.48. The third-order valence-corrected chi connectivity index (χ3v) is 7.31. The van der Waals surface area contributed by atoms with Gasteiger partial charge in [0, 0.05) is 26.3 Å². The van der Waals surface area contributed by atoms with Crippen molar-refractivity contribution in [3.8, 4) is 0 Å². The van der Waals surface area contributed by atoms with Crippen LogP contribution in [-0.2, 0) is 32.9 Å². The highest BCUT2D eigenvalue weighted by molar-refractivity contribution is 7.46. The Kier molecular flexibility index (Phi) is 26.4. The van der Waals surface area contributed by atoms with Crippen LogP contribution in [0.5, 0.6) is 0 Å². The number of phosphoric acid groups is 1. The van der Waals surface area contributed by atoms with E-state index in [1.807, 2.05) is 0 Å². The summed E-state index contributed by atoms with van der Waals surface area (Å²) in [6.07, 6.45) is 20.1. The summed E-state index contributed by atoms with van der Waals surface area (Å²) in [5.74, 6) is -0.912. The molecule has 0 saturated carbocycles. The Morgan fingerprint density at radius 2 is 1.10 bits per heavy atom. The van der Waals surface area contributed by atoms with Crippen LogP contribution in [0.25, 0.3) is 0 Å². The Morgan fingerprint density at radius 3 is 1.56 bits per heavy atom. The lowest BCUT2D eigenvalue weighted by Gasteiger charge is -2.18. The van der Waals surface area contributed by atoms with Crippen LogP contribution in [0.15, 0.2) is 0 Å². The van der Waals surface area contributed by atoms with Crippen LogP contribution in [-0.4, -0.2) is 53.5 Å². The topological polar surface area (TPSA) is 148 Å². The molecule has 1 amide bonds. The van der Waals surface area contributed by atoms with Crippen molar-refractivity contribution in [3.05, 3.63) is 0 Å². The van der Waals surface area contributed by atoms with Gasteiger partial charge in [0.25, 0.3) is 0 Å². The van der Waals surface area contributed by atoms with Gasteiger partial charge < -0.3 is 24.6 Å². The largest absolute Gasteiger partial charge is 0.469 e. The second-order valence-corrected chi connectivity index (χ2v) is 12.2. The molecule has 0 aliphatic heterocycles. The van der Waals surface area contributed by atoms with Gasteiger partial charge in [-0.15, -0.1) is 0 Å². The van der Waals surface area contributed by atoms with Gasteiger partial charge in [0.2, 0.25) is 5.91 Å². The summed E-state index contributed by atoms with van der Waals surface area (Å²) in [6.45, 7) is 3.63. The highest BCUT2D eigenvalue weighted by Gasteiger charge is 2.22. The number of phosphoric ester groups is 1. The molecule has 242 valence electrons. The van der Waals surface area contributed by atoms with Gasteiger partial charge in [-0.05, 0) is 19.3 Å². The summed E-state index contributed by atoms with van der Waals surface area (Å²) in [4.78, 5) is 53.2. The van der Waals surface area contributed by atoms with E-state index in [2.05, 4.69) is 16.8 Å². The summed E-state index contributed by atoms with van der Waals surface area (Å²) >= 11 is 0. The van der Waals surface area contributed by atoms with Gasteiger partial charge in [-0.3, -0.25) is 18.9 Å². The van der Waals surface area contributed by atoms with Gasteiger partial charge in [0.15, 0.2) is 6.10 Å². The van der Waals surface area contributed by atoms with Gasteiger partial charge in [-0.2, -0.15) is 0 Å². The zero-order valence-electron chi connectivity index (χ0n) is 25.7. The fourth-order valence-electron chi connectivity index (χ4n) is 4.45. The molecule has 0 aromatic rings. The molecule has 11 heteroatoms. The third kappa shape index (κ3) is 31.3. The predicted molar refractivity (Wildman–Crippen MR) is 160 cm³/mol. The van der Waals surface area contributed by atoms with Crippen molar-refractivity contribution in [1.82, 2.24) is 5.32 Å². The maximum Gasteiger partial charge on any atom is 0.469 e. The van der Waals surface area contributed by atoms with Crippen molar-refractivity contribution in [3.63, 3.8) is 0 Å². The molecule has 0 fully saturated rings. The summed E-state index contributed by atoms with van der Waals surface area (Å²) < 4.78 is 26.1. The molecule has 0 aliphatic carbocycles. The van der Waals surface area contributed by atoms with Gasteiger partial charge in [-0.25, -0.2) is 4.57 Å². The first-order valence-corrected chi connectivity index (χ1v) is 17.5. The van der Waals surface area contributed by atoms with E-state index >= 15 is 0 Å². The van der Waals surface area contributed by atoms with Crippen molar-refractivity contribution in [2.75, 3.05) is 19.8 Å². The first-order valence-electron chi connectivity index (χ1n) is 15.9. The minimum Gasteiger partial charge on any atom is -0.462 e. The van der Waals surface area contributed by atoms with Gasteiger partial charge in [0.1, 0.15) is 6.61 Å². The number of amides is 1. The second kappa shape index (κ2) is 27.4. The molecule has 0 unspecified atom stereocenters. The molecule has 0 heterocycles. The van der Waals surface area contributed by atoms with Crippen LogP contribution in [0.2, 0.25) is 0 Å². The zero-order valence-corrected chi connectivity index (χ0v) is 26.6. The molecule has 41 heavy (non-hydrogen) atoms. The molecule has 0 aliphatic rings. The lowest BCUT2D eigenvalue weighted by molar-refractivity contribution is -0.161. The number of nitrogens with one attached hydrogen (secondary N) is 1. The first kappa shape index (κ1) is 39.5. The summed E-state index contributed by atoms with van der Waals surface area (Å²) in [6, 6.07) is 0. The van der Waals surface area contributed by atoms with E-state index in [0.29, 0.717) is 12.8 Å². The van der Waals surface area contributed by atoms with Crippen molar-refractivity contribution >= 4 is 25.7 Å². The minimum absolute atomic E-state index is 0.0147. The Morgan fingerprint density at radius 1 is 0.659 bits per heavy atom. The first-order chi connectivity index (χ1) is 19.6. The van der Waals surface area contributed by atoms with E-state index in [1.165, 1.54) is 45.4 Å². The van der Waals surface area contributed by atoms with E-state index in [-0.39, 0.29) is 25.4 Å². The van der Waals surface area contributed by atoms with Crippen LogP contribution in [0, 0.1) is 0 Å². The molecule has 0 radical (unpaired) electrons. The average Bonchev–Trinajstić information content (AvgIpc) is 2.91. The van der Waals surface area contributed by atoms with E-state index < -0.39 is 32.5 Å². The number of rotatable bonds is 29. The Balaban J connectivity index is 3.99. The highest BCUT2D eigenvalue weighted by atomic mass is 31.2. The Labute approximate surface area is 248 Å². The second-order valence-electron chi connectivity index (χ2n) is 10.9. The van der Waals surface area contributed by atoms with Crippen molar-refractivity contribution < 1.29 is 42.7 Å². The summed E-state index contributed by atoms with van der Waals surface area (Å²) in [7, 11) is -4.75. The summed E-state index contributed by atoms with van der Waals surface area (Å²) in [5, 5.41) is 2.80. The van der Waals surface area contributed by atoms with Crippen LogP contribution < -0.4 is 5.32 Å². The molecule has 0 aromatic heterocycles. The molecule has 1 atom stereocenters. The van der Waals surface area contributed by atoms with E-state index in [9.17, 15) is 18.9 Å². The standard InChI is InChI=1S/C30H58NO9P/c1-3-4-5-6-7-8-10-14-17-20-23-30(34)40-28(26-39-41(35,36)37)25-38-29(33)22-19-16-13-11-9-12-15-18-21-24-31-27(2)32/h28H,3-26H2,1-2H3,(H,31,32)(H2,35,36,37)/t28-/m1/s1. The number of carbonyl (C=O) groups is 3. The van der Waals surface area contributed by atoms with Crippen LogP contribution in [0.1, 0.15) is 149 Å². The number of hydrogen-bond donors (Lipinski definition) is 3.